The SMILES string of the molecule is C=C(Cl)CN1CCCC1(C)C(=O)O. The Hall–Kier alpha value is -0.540. The van der Waals surface area contributed by atoms with E-state index in [2.05, 4.69) is 6.58 Å². The Morgan fingerprint density at radius 3 is 2.85 bits per heavy atom. The maximum Gasteiger partial charge on any atom is 0.323 e. The average Bonchev–Trinajstić information content (AvgIpc) is 2.33. The molecule has 1 rings (SSSR count). The van der Waals surface area contributed by atoms with Gasteiger partial charge in [-0.15, -0.1) is 0 Å². The first kappa shape index (κ1) is 10.5. The molecule has 0 aromatic heterocycles. The van der Waals surface area contributed by atoms with Gasteiger partial charge in [0.15, 0.2) is 0 Å². The van der Waals surface area contributed by atoms with Crippen molar-refractivity contribution in [1.29, 1.82) is 0 Å². The van der Waals surface area contributed by atoms with Gasteiger partial charge in [0.25, 0.3) is 0 Å². The van der Waals surface area contributed by atoms with Crippen LogP contribution in [-0.4, -0.2) is 34.6 Å². The summed E-state index contributed by atoms with van der Waals surface area (Å²) in [7, 11) is 0. The van der Waals surface area contributed by atoms with Gasteiger partial charge >= 0.3 is 5.97 Å². The summed E-state index contributed by atoms with van der Waals surface area (Å²) in [5.41, 5.74) is -0.752. The fraction of sp³-hybridized carbons (Fsp3) is 0.667. The second-order valence-electron chi connectivity index (χ2n) is 3.62. The molecular formula is C9H14ClNO2. The molecule has 0 aromatic carbocycles. The lowest BCUT2D eigenvalue weighted by molar-refractivity contribution is -0.148. The normalized spacial score (nSPS) is 29.1. The molecule has 1 heterocycles. The fourth-order valence-corrected chi connectivity index (χ4v) is 1.87. The van der Waals surface area contributed by atoms with E-state index in [1.807, 2.05) is 4.90 Å². The van der Waals surface area contributed by atoms with Crippen LogP contribution in [0.15, 0.2) is 11.6 Å². The molecular weight excluding hydrogens is 190 g/mol. The van der Waals surface area contributed by atoms with E-state index in [0.717, 1.165) is 13.0 Å². The number of likely N-dealkylation sites (tertiary alicyclic amines) is 1. The molecule has 0 aliphatic carbocycles. The summed E-state index contributed by atoms with van der Waals surface area (Å²) in [6.45, 7) is 6.56. The molecule has 13 heavy (non-hydrogen) atoms. The van der Waals surface area contributed by atoms with Crippen LogP contribution in [0.2, 0.25) is 0 Å². The molecule has 0 saturated carbocycles. The summed E-state index contributed by atoms with van der Waals surface area (Å²) < 4.78 is 0. The summed E-state index contributed by atoms with van der Waals surface area (Å²) in [5, 5.41) is 9.54. The molecule has 0 spiro atoms. The Bertz CT molecular complexity index is 242. The summed E-state index contributed by atoms with van der Waals surface area (Å²) in [6.07, 6.45) is 1.60. The molecule has 0 aromatic rings. The van der Waals surface area contributed by atoms with Crippen molar-refractivity contribution in [3.63, 3.8) is 0 Å². The first-order valence-electron chi connectivity index (χ1n) is 4.28. The highest BCUT2D eigenvalue weighted by atomic mass is 35.5. The van der Waals surface area contributed by atoms with E-state index in [1.54, 1.807) is 6.92 Å². The highest BCUT2D eigenvalue weighted by Gasteiger charge is 2.43. The Morgan fingerprint density at radius 1 is 1.77 bits per heavy atom. The molecule has 1 aliphatic rings. The van der Waals surface area contributed by atoms with Crippen molar-refractivity contribution >= 4 is 17.6 Å². The molecule has 1 unspecified atom stereocenters. The van der Waals surface area contributed by atoms with Gasteiger partial charge in [0.1, 0.15) is 5.54 Å². The van der Waals surface area contributed by atoms with Gasteiger partial charge in [0.2, 0.25) is 0 Å². The van der Waals surface area contributed by atoms with E-state index in [-0.39, 0.29) is 0 Å². The summed E-state index contributed by atoms with van der Waals surface area (Å²) in [5.74, 6) is -0.775. The second-order valence-corrected chi connectivity index (χ2v) is 4.16. The topological polar surface area (TPSA) is 40.5 Å². The van der Waals surface area contributed by atoms with Crippen molar-refractivity contribution in [3.8, 4) is 0 Å². The molecule has 74 valence electrons. The van der Waals surface area contributed by atoms with E-state index in [9.17, 15) is 4.79 Å². The van der Waals surface area contributed by atoms with E-state index in [4.69, 9.17) is 16.7 Å². The zero-order chi connectivity index (χ0) is 10.1. The van der Waals surface area contributed by atoms with Crippen molar-refractivity contribution in [1.82, 2.24) is 4.90 Å². The highest BCUT2D eigenvalue weighted by molar-refractivity contribution is 6.29. The molecule has 4 heteroatoms. The van der Waals surface area contributed by atoms with Crippen LogP contribution in [0, 0.1) is 0 Å². The first-order valence-corrected chi connectivity index (χ1v) is 4.66. The quantitative estimate of drug-likeness (QED) is 0.759. The zero-order valence-corrected chi connectivity index (χ0v) is 8.47. The van der Waals surface area contributed by atoms with Gasteiger partial charge in [-0.1, -0.05) is 18.2 Å². The molecule has 1 aliphatic heterocycles. The predicted octanol–water partition coefficient (Wildman–Crippen LogP) is 1.68. The Balaban J connectivity index is 2.73. The Morgan fingerprint density at radius 2 is 2.38 bits per heavy atom. The van der Waals surface area contributed by atoms with Gasteiger partial charge in [0.05, 0.1) is 0 Å². The smallest absolute Gasteiger partial charge is 0.323 e. The van der Waals surface area contributed by atoms with E-state index in [0.29, 0.717) is 18.0 Å². The maximum absolute atomic E-state index is 11.0. The third-order valence-corrected chi connectivity index (χ3v) is 2.73. The van der Waals surface area contributed by atoms with Gasteiger partial charge < -0.3 is 5.11 Å². The molecule has 0 amide bonds. The molecule has 1 N–H and O–H groups in total. The van der Waals surface area contributed by atoms with Crippen LogP contribution in [0.1, 0.15) is 19.8 Å². The lowest BCUT2D eigenvalue weighted by Gasteiger charge is -2.30. The fourth-order valence-electron chi connectivity index (χ4n) is 1.72. The monoisotopic (exact) mass is 203 g/mol. The lowest BCUT2D eigenvalue weighted by atomic mass is 9.99. The number of hydrogen-bond acceptors (Lipinski definition) is 2. The van der Waals surface area contributed by atoms with Crippen LogP contribution in [0.25, 0.3) is 0 Å². The molecule has 1 fully saturated rings. The van der Waals surface area contributed by atoms with Crippen molar-refractivity contribution in [3.05, 3.63) is 11.6 Å². The van der Waals surface area contributed by atoms with Gasteiger partial charge in [-0.25, -0.2) is 0 Å². The molecule has 0 radical (unpaired) electrons. The summed E-state index contributed by atoms with van der Waals surface area (Å²) in [4.78, 5) is 12.9. The third-order valence-electron chi connectivity index (χ3n) is 2.61. The number of hydrogen-bond donors (Lipinski definition) is 1. The summed E-state index contributed by atoms with van der Waals surface area (Å²) in [6, 6.07) is 0. The van der Waals surface area contributed by atoms with Crippen LogP contribution in [-0.2, 0) is 4.79 Å². The number of halogens is 1. The number of aliphatic carboxylic acids is 1. The van der Waals surface area contributed by atoms with Crippen molar-refractivity contribution < 1.29 is 9.90 Å². The summed E-state index contributed by atoms with van der Waals surface area (Å²) >= 11 is 5.66. The number of carbonyl (C=O) groups is 1. The number of rotatable bonds is 3. The Labute approximate surface area is 83.0 Å². The minimum atomic E-state index is -0.775. The zero-order valence-electron chi connectivity index (χ0n) is 7.72. The minimum Gasteiger partial charge on any atom is -0.480 e. The molecule has 1 atom stereocenters. The third kappa shape index (κ3) is 2.03. The van der Waals surface area contributed by atoms with Crippen LogP contribution in [0.4, 0.5) is 0 Å². The molecule has 3 nitrogen and oxygen atoms in total. The van der Waals surface area contributed by atoms with Crippen LogP contribution >= 0.6 is 11.6 Å². The molecule has 0 bridgehead atoms. The predicted molar refractivity (Wildman–Crippen MR) is 51.8 cm³/mol. The number of carboxylic acid groups (broad SMARTS) is 1. The van der Waals surface area contributed by atoms with Crippen LogP contribution in [0.3, 0.4) is 0 Å². The van der Waals surface area contributed by atoms with Gasteiger partial charge in [0, 0.05) is 11.6 Å². The largest absolute Gasteiger partial charge is 0.480 e. The first-order chi connectivity index (χ1) is 5.97. The molecule has 1 saturated heterocycles. The van der Waals surface area contributed by atoms with Gasteiger partial charge in [-0.05, 0) is 26.3 Å². The second kappa shape index (κ2) is 3.68. The average molecular weight is 204 g/mol. The van der Waals surface area contributed by atoms with Gasteiger partial charge in [-0.3, -0.25) is 9.69 Å². The van der Waals surface area contributed by atoms with Crippen molar-refractivity contribution in [2.75, 3.05) is 13.1 Å². The van der Waals surface area contributed by atoms with Crippen molar-refractivity contribution in [2.24, 2.45) is 0 Å². The lowest BCUT2D eigenvalue weighted by Crippen LogP contribution is -2.48. The standard InChI is InChI=1S/C9H14ClNO2/c1-7(10)6-11-5-3-4-9(11,2)8(12)13/h1,3-6H2,2H3,(H,12,13). The van der Waals surface area contributed by atoms with Crippen molar-refractivity contribution in [2.45, 2.75) is 25.3 Å². The number of carboxylic acids is 1. The number of nitrogens with zero attached hydrogens (tertiary/aromatic N) is 1. The van der Waals surface area contributed by atoms with E-state index >= 15 is 0 Å². The maximum atomic E-state index is 11.0. The van der Waals surface area contributed by atoms with E-state index in [1.165, 1.54) is 0 Å². The van der Waals surface area contributed by atoms with Gasteiger partial charge in [-0.2, -0.15) is 0 Å². The minimum absolute atomic E-state index is 0.463. The van der Waals surface area contributed by atoms with E-state index < -0.39 is 11.5 Å². The van der Waals surface area contributed by atoms with Crippen LogP contribution < -0.4 is 0 Å². The highest BCUT2D eigenvalue weighted by Crippen LogP contribution is 2.29. The Kier molecular flexibility index (Phi) is 2.98. The van der Waals surface area contributed by atoms with Crippen LogP contribution in [0.5, 0.6) is 0 Å².